The Morgan fingerprint density at radius 1 is 1.52 bits per heavy atom. The second-order valence-corrected chi connectivity index (χ2v) is 6.28. The standard InChI is InChI=1S/C17H20ClN3O2/c1-2-21-15-7-6-13(9-14(15)16(20-21)17(22)23)19-10-11-4-3-5-12(18)8-11/h3-5,8,13,19H,2,6-7,9-10H2,1H3,(H,22,23)/t13-/m0/s1. The van der Waals surface area contributed by atoms with Gasteiger partial charge in [-0.15, -0.1) is 0 Å². The summed E-state index contributed by atoms with van der Waals surface area (Å²) in [5.74, 6) is -0.941. The number of nitrogens with zero attached hydrogens (tertiary/aromatic N) is 2. The highest BCUT2D eigenvalue weighted by atomic mass is 35.5. The third kappa shape index (κ3) is 3.41. The SMILES string of the molecule is CCn1nc(C(=O)O)c2c1CC[C@H](NCc1cccc(Cl)c1)C2. The summed E-state index contributed by atoms with van der Waals surface area (Å²) in [7, 11) is 0. The topological polar surface area (TPSA) is 67.2 Å². The van der Waals surface area contributed by atoms with E-state index < -0.39 is 5.97 Å². The van der Waals surface area contributed by atoms with Crippen molar-refractivity contribution < 1.29 is 9.90 Å². The molecule has 2 N–H and O–H groups in total. The molecule has 6 heteroatoms. The highest BCUT2D eigenvalue weighted by molar-refractivity contribution is 6.30. The summed E-state index contributed by atoms with van der Waals surface area (Å²) in [5.41, 5.74) is 3.29. The van der Waals surface area contributed by atoms with Crippen molar-refractivity contribution in [2.45, 2.75) is 45.3 Å². The van der Waals surface area contributed by atoms with Gasteiger partial charge >= 0.3 is 5.97 Å². The summed E-state index contributed by atoms with van der Waals surface area (Å²) in [6.07, 6.45) is 2.55. The second-order valence-electron chi connectivity index (χ2n) is 5.85. The maximum atomic E-state index is 11.4. The fourth-order valence-electron chi connectivity index (χ4n) is 3.20. The van der Waals surface area contributed by atoms with Gasteiger partial charge in [-0.3, -0.25) is 4.68 Å². The zero-order chi connectivity index (χ0) is 16.4. The molecule has 23 heavy (non-hydrogen) atoms. The van der Waals surface area contributed by atoms with Crippen LogP contribution in [0, 0.1) is 0 Å². The Hall–Kier alpha value is -1.85. The summed E-state index contributed by atoms with van der Waals surface area (Å²) in [6.45, 7) is 3.42. The Labute approximate surface area is 140 Å². The fourth-order valence-corrected chi connectivity index (χ4v) is 3.42. The molecule has 0 saturated carbocycles. The maximum absolute atomic E-state index is 11.4. The molecule has 1 aliphatic carbocycles. The van der Waals surface area contributed by atoms with Gasteiger partial charge in [0.25, 0.3) is 0 Å². The molecular weight excluding hydrogens is 314 g/mol. The Balaban J connectivity index is 1.72. The van der Waals surface area contributed by atoms with Crippen molar-refractivity contribution in [1.29, 1.82) is 0 Å². The van der Waals surface area contributed by atoms with Gasteiger partial charge in [-0.25, -0.2) is 4.79 Å². The lowest BCUT2D eigenvalue weighted by atomic mass is 9.91. The number of hydrogen-bond acceptors (Lipinski definition) is 3. The number of hydrogen-bond donors (Lipinski definition) is 2. The van der Waals surface area contributed by atoms with E-state index in [1.54, 1.807) is 0 Å². The van der Waals surface area contributed by atoms with Crippen molar-refractivity contribution >= 4 is 17.6 Å². The molecule has 122 valence electrons. The van der Waals surface area contributed by atoms with Crippen LogP contribution in [0.2, 0.25) is 5.02 Å². The van der Waals surface area contributed by atoms with Gasteiger partial charge in [-0.2, -0.15) is 5.10 Å². The Kier molecular flexibility index (Phi) is 4.68. The highest BCUT2D eigenvalue weighted by Gasteiger charge is 2.28. The van der Waals surface area contributed by atoms with Gasteiger partial charge in [-0.1, -0.05) is 23.7 Å². The average molecular weight is 334 g/mol. The Bertz CT molecular complexity index is 727. The van der Waals surface area contributed by atoms with Crippen LogP contribution in [0.4, 0.5) is 0 Å². The molecule has 1 heterocycles. The number of carbonyl (C=O) groups is 1. The van der Waals surface area contributed by atoms with Crippen LogP contribution in [0.3, 0.4) is 0 Å². The number of carboxylic acids is 1. The molecular formula is C17H20ClN3O2. The van der Waals surface area contributed by atoms with Gasteiger partial charge in [0.1, 0.15) is 0 Å². The molecule has 1 aromatic carbocycles. The number of nitrogens with one attached hydrogen (secondary N) is 1. The van der Waals surface area contributed by atoms with Crippen LogP contribution in [0.15, 0.2) is 24.3 Å². The van der Waals surface area contributed by atoms with Gasteiger partial charge in [0.15, 0.2) is 5.69 Å². The van der Waals surface area contributed by atoms with E-state index in [0.717, 1.165) is 41.2 Å². The minimum absolute atomic E-state index is 0.205. The van der Waals surface area contributed by atoms with Gasteiger partial charge in [0.2, 0.25) is 0 Å². The van der Waals surface area contributed by atoms with E-state index in [9.17, 15) is 9.90 Å². The lowest BCUT2D eigenvalue weighted by Gasteiger charge is -2.24. The monoisotopic (exact) mass is 333 g/mol. The molecule has 2 aromatic rings. The molecule has 0 amide bonds. The number of benzene rings is 1. The number of fused-ring (bicyclic) bond motifs is 1. The predicted octanol–water partition coefficient (Wildman–Crippen LogP) is 2.90. The van der Waals surface area contributed by atoms with Gasteiger partial charge in [0.05, 0.1) is 0 Å². The first-order valence-electron chi connectivity index (χ1n) is 7.88. The van der Waals surface area contributed by atoms with Crippen LogP contribution in [-0.4, -0.2) is 26.9 Å². The van der Waals surface area contributed by atoms with Crippen molar-refractivity contribution in [1.82, 2.24) is 15.1 Å². The van der Waals surface area contributed by atoms with Crippen LogP contribution in [-0.2, 0) is 25.9 Å². The number of halogens is 1. The van der Waals surface area contributed by atoms with E-state index >= 15 is 0 Å². The largest absolute Gasteiger partial charge is 0.476 e. The van der Waals surface area contributed by atoms with Crippen LogP contribution in [0.1, 0.15) is 40.7 Å². The Morgan fingerprint density at radius 2 is 2.35 bits per heavy atom. The summed E-state index contributed by atoms with van der Waals surface area (Å²) in [5, 5.41) is 17.8. The number of aromatic carboxylic acids is 1. The lowest BCUT2D eigenvalue weighted by Crippen LogP contribution is -2.34. The van der Waals surface area contributed by atoms with E-state index in [4.69, 9.17) is 11.6 Å². The third-order valence-corrected chi connectivity index (χ3v) is 4.57. The quantitative estimate of drug-likeness (QED) is 0.883. The zero-order valence-corrected chi connectivity index (χ0v) is 13.8. The zero-order valence-electron chi connectivity index (χ0n) is 13.1. The molecule has 1 aromatic heterocycles. The van der Waals surface area contributed by atoms with Gasteiger partial charge < -0.3 is 10.4 Å². The van der Waals surface area contributed by atoms with Crippen molar-refractivity contribution in [2.24, 2.45) is 0 Å². The summed E-state index contributed by atoms with van der Waals surface area (Å²) in [4.78, 5) is 11.4. The van der Waals surface area contributed by atoms with Crippen molar-refractivity contribution in [3.05, 3.63) is 51.8 Å². The van der Waals surface area contributed by atoms with E-state index in [2.05, 4.69) is 10.4 Å². The number of carboxylic acid groups (broad SMARTS) is 1. The molecule has 0 fully saturated rings. The first-order chi connectivity index (χ1) is 11.1. The molecule has 0 radical (unpaired) electrons. The normalized spacial score (nSPS) is 17.0. The molecule has 0 saturated heterocycles. The molecule has 0 unspecified atom stereocenters. The number of aryl methyl sites for hydroxylation is 1. The van der Waals surface area contributed by atoms with E-state index in [0.29, 0.717) is 13.0 Å². The maximum Gasteiger partial charge on any atom is 0.356 e. The van der Waals surface area contributed by atoms with E-state index in [-0.39, 0.29) is 11.7 Å². The molecule has 1 atom stereocenters. The molecule has 0 bridgehead atoms. The number of rotatable bonds is 5. The first kappa shape index (κ1) is 16.0. The van der Waals surface area contributed by atoms with Gasteiger partial charge in [0, 0.05) is 35.4 Å². The van der Waals surface area contributed by atoms with Crippen LogP contribution < -0.4 is 5.32 Å². The van der Waals surface area contributed by atoms with Crippen molar-refractivity contribution in [3.8, 4) is 0 Å². The van der Waals surface area contributed by atoms with Crippen LogP contribution in [0.25, 0.3) is 0 Å². The predicted molar refractivity (Wildman–Crippen MR) is 89.0 cm³/mol. The molecule has 1 aliphatic rings. The van der Waals surface area contributed by atoms with Gasteiger partial charge in [-0.05, 0) is 43.9 Å². The highest BCUT2D eigenvalue weighted by Crippen LogP contribution is 2.25. The number of aromatic nitrogens is 2. The minimum Gasteiger partial charge on any atom is -0.476 e. The fraction of sp³-hybridized carbons (Fsp3) is 0.412. The van der Waals surface area contributed by atoms with E-state index in [1.165, 1.54) is 0 Å². The summed E-state index contributed by atoms with van der Waals surface area (Å²) in [6, 6.07) is 8.03. The molecule has 0 aliphatic heterocycles. The van der Waals surface area contributed by atoms with Crippen LogP contribution in [0.5, 0.6) is 0 Å². The Morgan fingerprint density at radius 3 is 3.04 bits per heavy atom. The lowest BCUT2D eigenvalue weighted by molar-refractivity contribution is 0.0688. The smallest absolute Gasteiger partial charge is 0.356 e. The van der Waals surface area contributed by atoms with E-state index in [1.807, 2.05) is 35.9 Å². The summed E-state index contributed by atoms with van der Waals surface area (Å²) < 4.78 is 1.83. The second kappa shape index (κ2) is 6.72. The van der Waals surface area contributed by atoms with Crippen molar-refractivity contribution in [3.63, 3.8) is 0 Å². The van der Waals surface area contributed by atoms with Crippen LogP contribution >= 0.6 is 11.6 Å². The average Bonchev–Trinajstić information content (AvgIpc) is 2.91. The third-order valence-electron chi connectivity index (χ3n) is 4.33. The minimum atomic E-state index is -0.941. The first-order valence-corrected chi connectivity index (χ1v) is 8.26. The molecule has 3 rings (SSSR count). The summed E-state index contributed by atoms with van der Waals surface area (Å²) >= 11 is 6.00. The van der Waals surface area contributed by atoms with Crippen molar-refractivity contribution in [2.75, 3.05) is 0 Å². The molecule has 0 spiro atoms. The molecule has 5 nitrogen and oxygen atoms in total.